The van der Waals surface area contributed by atoms with Crippen molar-refractivity contribution in [1.29, 1.82) is 0 Å². The Balaban J connectivity index is 2.02. The molecule has 1 aromatic carbocycles. The van der Waals surface area contributed by atoms with Crippen LogP contribution in [0.1, 0.15) is 12.5 Å². The van der Waals surface area contributed by atoms with Crippen molar-refractivity contribution in [2.45, 2.75) is 13.5 Å². The third kappa shape index (κ3) is 3.47. The molecule has 0 aliphatic carbocycles. The molecule has 0 unspecified atom stereocenters. The first-order valence-electron chi connectivity index (χ1n) is 5.96. The lowest BCUT2D eigenvalue weighted by molar-refractivity contribution is 1.12. The fourth-order valence-electron chi connectivity index (χ4n) is 1.68. The monoisotopic (exact) mass is 305 g/mol. The zero-order valence-electron chi connectivity index (χ0n) is 10.3. The lowest BCUT2D eigenvalue weighted by Crippen LogP contribution is -2.02. The highest BCUT2D eigenvalue weighted by atomic mass is 79.9. The van der Waals surface area contributed by atoms with Gasteiger partial charge in [-0.3, -0.25) is 4.98 Å². The van der Waals surface area contributed by atoms with E-state index in [1.54, 1.807) is 0 Å². The first kappa shape index (κ1) is 12.9. The molecule has 0 fully saturated rings. The van der Waals surface area contributed by atoms with E-state index in [4.69, 9.17) is 0 Å². The second kappa shape index (κ2) is 6.40. The van der Waals surface area contributed by atoms with Gasteiger partial charge in [-0.05, 0) is 24.6 Å². The highest BCUT2D eigenvalue weighted by Gasteiger charge is 1.99. The van der Waals surface area contributed by atoms with Gasteiger partial charge in [0.1, 0.15) is 0 Å². The predicted molar refractivity (Wildman–Crippen MR) is 79.9 cm³/mol. The second-order valence-electron chi connectivity index (χ2n) is 3.94. The van der Waals surface area contributed by atoms with Crippen molar-refractivity contribution in [3.63, 3.8) is 0 Å². The van der Waals surface area contributed by atoms with Crippen LogP contribution in [0.15, 0.2) is 47.2 Å². The molecular formula is C14H16BrN3. The minimum Gasteiger partial charge on any atom is -0.384 e. The average molecular weight is 306 g/mol. The van der Waals surface area contributed by atoms with E-state index in [9.17, 15) is 0 Å². The number of anilines is 2. The standard InChI is InChI=1S/C14H16BrN3/c1-2-17-12-7-13(10-16-9-12)18-8-11-5-3-4-6-14(11)15/h3-7,9-10,17-18H,2,8H2,1H3. The molecule has 3 nitrogen and oxygen atoms in total. The summed E-state index contributed by atoms with van der Waals surface area (Å²) in [5.41, 5.74) is 3.28. The predicted octanol–water partition coefficient (Wildman–Crippen LogP) is 3.89. The largest absolute Gasteiger partial charge is 0.384 e. The number of nitrogens with zero attached hydrogens (tertiary/aromatic N) is 1. The summed E-state index contributed by atoms with van der Waals surface area (Å²) in [5.74, 6) is 0. The van der Waals surface area contributed by atoms with Crippen molar-refractivity contribution < 1.29 is 0 Å². The summed E-state index contributed by atoms with van der Waals surface area (Å²) in [6.07, 6.45) is 3.66. The van der Waals surface area contributed by atoms with Crippen LogP contribution in [-0.4, -0.2) is 11.5 Å². The summed E-state index contributed by atoms with van der Waals surface area (Å²) in [4.78, 5) is 4.20. The molecule has 0 saturated carbocycles. The molecule has 2 N–H and O–H groups in total. The lowest BCUT2D eigenvalue weighted by atomic mass is 10.2. The number of halogens is 1. The Morgan fingerprint density at radius 3 is 2.56 bits per heavy atom. The third-order valence-corrected chi connectivity index (χ3v) is 3.33. The SMILES string of the molecule is CCNc1cncc(NCc2ccccc2Br)c1. The van der Waals surface area contributed by atoms with Gasteiger partial charge in [0.25, 0.3) is 0 Å². The number of benzene rings is 1. The van der Waals surface area contributed by atoms with Gasteiger partial charge in [-0.2, -0.15) is 0 Å². The van der Waals surface area contributed by atoms with E-state index >= 15 is 0 Å². The molecule has 0 radical (unpaired) electrons. The molecule has 0 bridgehead atoms. The van der Waals surface area contributed by atoms with Crippen LogP contribution in [-0.2, 0) is 6.54 Å². The highest BCUT2D eigenvalue weighted by molar-refractivity contribution is 9.10. The van der Waals surface area contributed by atoms with E-state index in [1.165, 1.54) is 5.56 Å². The Hall–Kier alpha value is -1.55. The normalized spacial score (nSPS) is 10.1. The van der Waals surface area contributed by atoms with Gasteiger partial charge in [-0.15, -0.1) is 0 Å². The van der Waals surface area contributed by atoms with E-state index in [0.717, 1.165) is 28.9 Å². The van der Waals surface area contributed by atoms with Crippen molar-refractivity contribution in [2.75, 3.05) is 17.2 Å². The van der Waals surface area contributed by atoms with Crippen molar-refractivity contribution in [2.24, 2.45) is 0 Å². The van der Waals surface area contributed by atoms with Gasteiger partial charge in [0.2, 0.25) is 0 Å². The maximum Gasteiger partial charge on any atom is 0.0550 e. The first-order valence-corrected chi connectivity index (χ1v) is 6.75. The van der Waals surface area contributed by atoms with Crippen molar-refractivity contribution in [3.05, 3.63) is 52.8 Å². The Morgan fingerprint density at radius 1 is 1.11 bits per heavy atom. The van der Waals surface area contributed by atoms with Gasteiger partial charge >= 0.3 is 0 Å². The molecular weight excluding hydrogens is 290 g/mol. The quantitative estimate of drug-likeness (QED) is 0.880. The van der Waals surface area contributed by atoms with E-state index < -0.39 is 0 Å². The Labute approximate surface area is 116 Å². The van der Waals surface area contributed by atoms with Gasteiger partial charge in [0.15, 0.2) is 0 Å². The van der Waals surface area contributed by atoms with Crippen LogP contribution in [0.3, 0.4) is 0 Å². The maximum absolute atomic E-state index is 4.20. The average Bonchev–Trinajstić information content (AvgIpc) is 2.39. The number of nitrogens with one attached hydrogen (secondary N) is 2. The minimum atomic E-state index is 0.776. The van der Waals surface area contributed by atoms with E-state index in [0.29, 0.717) is 0 Å². The molecule has 2 aromatic rings. The Kier molecular flexibility index (Phi) is 4.59. The van der Waals surface area contributed by atoms with Crippen LogP contribution in [0.2, 0.25) is 0 Å². The van der Waals surface area contributed by atoms with E-state index in [2.05, 4.69) is 50.6 Å². The van der Waals surface area contributed by atoms with E-state index in [1.807, 2.05) is 30.6 Å². The number of rotatable bonds is 5. The van der Waals surface area contributed by atoms with Crippen molar-refractivity contribution in [3.8, 4) is 0 Å². The van der Waals surface area contributed by atoms with Crippen LogP contribution in [0, 0.1) is 0 Å². The van der Waals surface area contributed by atoms with Crippen LogP contribution in [0.5, 0.6) is 0 Å². The minimum absolute atomic E-state index is 0.776. The molecule has 18 heavy (non-hydrogen) atoms. The zero-order valence-corrected chi connectivity index (χ0v) is 11.9. The van der Waals surface area contributed by atoms with Gasteiger partial charge in [-0.1, -0.05) is 34.1 Å². The molecule has 4 heteroatoms. The summed E-state index contributed by atoms with van der Waals surface area (Å²) in [5, 5.41) is 6.61. The highest BCUT2D eigenvalue weighted by Crippen LogP contribution is 2.18. The molecule has 0 spiro atoms. The van der Waals surface area contributed by atoms with Crippen LogP contribution >= 0.6 is 15.9 Å². The summed E-state index contributed by atoms with van der Waals surface area (Å²) in [6.45, 7) is 3.75. The van der Waals surface area contributed by atoms with Crippen molar-refractivity contribution in [1.82, 2.24) is 4.98 Å². The van der Waals surface area contributed by atoms with Gasteiger partial charge in [0, 0.05) is 17.6 Å². The second-order valence-corrected chi connectivity index (χ2v) is 4.79. The van der Waals surface area contributed by atoms with Gasteiger partial charge in [0.05, 0.1) is 23.8 Å². The summed E-state index contributed by atoms with van der Waals surface area (Å²) >= 11 is 3.54. The molecule has 0 saturated heterocycles. The third-order valence-electron chi connectivity index (χ3n) is 2.56. The molecule has 0 aliphatic rings. The Bertz CT molecular complexity index is 514. The number of hydrogen-bond donors (Lipinski definition) is 2. The molecule has 0 atom stereocenters. The topological polar surface area (TPSA) is 37.0 Å². The molecule has 0 amide bonds. The van der Waals surface area contributed by atoms with Crippen LogP contribution in [0.4, 0.5) is 11.4 Å². The molecule has 1 aromatic heterocycles. The molecule has 94 valence electrons. The maximum atomic E-state index is 4.20. The van der Waals surface area contributed by atoms with Gasteiger partial charge in [-0.25, -0.2) is 0 Å². The summed E-state index contributed by atoms with van der Waals surface area (Å²) in [7, 11) is 0. The number of hydrogen-bond acceptors (Lipinski definition) is 3. The lowest BCUT2D eigenvalue weighted by Gasteiger charge is -2.09. The van der Waals surface area contributed by atoms with E-state index in [-0.39, 0.29) is 0 Å². The molecule has 2 rings (SSSR count). The van der Waals surface area contributed by atoms with Crippen LogP contribution in [0.25, 0.3) is 0 Å². The number of aromatic nitrogens is 1. The van der Waals surface area contributed by atoms with Gasteiger partial charge < -0.3 is 10.6 Å². The zero-order chi connectivity index (χ0) is 12.8. The Morgan fingerprint density at radius 2 is 1.83 bits per heavy atom. The fraction of sp³-hybridized carbons (Fsp3) is 0.214. The molecule has 0 aliphatic heterocycles. The van der Waals surface area contributed by atoms with Crippen molar-refractivity contribution >= 4 is 27.3 Å². The summed E-state index contributed by atoms with van der Waals surface area (Å²) in [6, 6.07) is 10.3. The fourth-order valence-corrected chi connectivity index (χ4v) is 2.10. The van der Waals surface area contributed by atoms with Crippen LogP contribution < -0.4 is 10.6 Å². The number of pyridine rings is 1. The first-order chi connectivity index (χ1) is 8.79. The molecule has 1 heterocycles. The summed E-state index contributed by atoms with van der Waals surface area (Å²) < 4.78 is 1.12. The smallest absolute Gasteiger partial charge is 0.0550 e.